The molecule has 3 fully saturated rings. The molecule has 0 aromatic rings. The Kier molecular flexibility index (Phi) is 37.8. The summed E-state index contributed by atoms with van der Waals surface area (Å²) < 4.78 is 0. The zero-order valence-electron chi connectivity index (χ0n) is 57.6. The maximum Gasteiger partial charge on any atom is 0.305 e. The molecule has 0 aromatic carbocycles. The summed E-state index contributed by atoms with van der Waals surface area (Å²) in [6.07, 6.45) is 8.17. The van der Waals surface area contributed by atoms with E-state index in [0.717, 1.165) is 48.8 Å². The lowest BCUT2D eigenvalue weighted by atomic mass is 9.96. The second kappa shape index (κ2) is 44.6. The second-order valence-corrected chi connectivity index (χ2v) is 25.4. The summed E-state index contributed by atoms with van der Waals surface area (Å²) in [6.45, 7) is 2.65. The van der Waals surface area contributed by atoms with Gasteiger partial charge in [-0.1, -0.05) is 97.8 Å². The van der Waals surface area contributed by atoms with Crippen molar-refractivity contribution in [2.75, 3.05) is 45.8 Å². The van der Waals surface area contributed by atoms with Gasteiger partial charge in [-0.25, -0.2) is 0 Å². The minimum absolute atomic E-state index is 0.00687. The van der Waals surface area contributed by atoms with Crippen molar-refractivity contribution in [3.63, 3.8) is 0 Å². The number of Topliss-reactive ketones (excluding diaryl/α,β-unsaturated/α-hetero) is 1. The van der Waals surface area contributed by atoms with E-state index in [1.165, 1.54) is 45.4 Å². The number of amides is 14. The molecule has 11 atom stereocenters. The Bertz CT molecular complexity index is 2910. The summed E-state index contributed by atoms with van der Waals surface area (Å²) in [5, 5.41) is 66.9. The lowest BCUT2D eigenvalue weighted by molar-refractivity contribution is -0.146. The van der Waals surface area contributed by atoms with Crippen LogP contribution in [0.3, 0.4) is 0 Å². The fourth-order valence-corrected chi connectivity index (χ4v) is 11.4. The highest BCUT2D eigenvalue weighted by atomic mass is 16.4. The molecule has 36 nitrogen and oxygen atoms in total. The van der Waals surface area contributed by atoms with Crippen LogP contribution in [0.15, 0.2) is 0 Å². The molecule has 0 aromatic heterocycles. The van der Waals surface area contributed by atoms with Crippen molar-refractivity contribution >= 4 is 106 Å². The normalized spacial score (nSPS) is 22.6. The lowest BCUT2D eigenvalue weighted by Gasteiger charge is -2.37. The Morgan fingerprint density at radius 1 is 0.510 bits per heavy atom. The standard InChI is InChI=1S/C64H102N14O22/c1-6-8-9-10-11-12-13-14-15-16-17-18-24-46(81)70-39(27-37(4)79)56(92)66-33-48(83)73-42(30-53(90)91)59(95)74-43-31-65-60(96)45-23-21-26-78(45)64(100)54(36(3)7-2)76-62(98)55(38(5)80)75-50(85)35-68-58(94)41(29-52(88)89)71-47(82)32-67-57(93)40(28-51(86)87)72-49(84)34-69-61(97)44-22-19-20-25-77(44)63(43)99/h36,38-45,54-55,80H,6-35H2,1-5H3,(H,65,96)(H,66,92)(H,67,93)(H,68,94)(H,69,97)(H,70,81)(H,71,82)(H,72,84)(H,73,83)(H,74,95)(H,75,85)(H,76,98)(H,86,87)(H,88,89)(H,90,91)/t36-,38-,39+,40+,41+,42+,43+,44+,45+,54+,55+/m1/s1. The number of aliphatic hydroxyl groups excluding tert-OH is 1. The number of carboxylic acid groups (broad SMARTS) is 3. The van der Waals surface area contributed by atoms with Crippen LogP contribution in [0.25, 0.3) is 0 Å². The van der Waals surface area contributed by atoms with E-state index in [4.69, 9.17) is 0 Å². The Hall–Kier alpha value is -9.38. The van der Waals surface area contributed by atoms with Gasteiger partial charge >= 0.3 is 17.9 Å². The van der Waals surface area contributed by atoms with Crippen LogP contribution >= 0.6 is 0 Å². The highest BCUT2D eigenvalue weighted by molar-refractivity contribution is 6.01. The first-order chi connectivity index (χ1) is 47.4. The maximum absolute atomic E-state index is 14.9. The number of unbranched alkanes of at least 4 members (excludes halogenated alkanes) is 11. The summed E-state index contributed by atoms with van der Waals surface area (Å²) in [5.41, 5.74) is 0. The summed E-state index contributed by atoms with van der Waals surface area (Å²) in [5.74, 6) is -21.1. The first-order valence-electron chi connectivity index (χ1n) is 34.3. The van der Waals surface area contributed by atoms with Crippen LogP contribution in [0.5, 0.6) is 0 Å². The summed E-state index contributed by atoms with van der Waals surface area (Å²) >= 11 is 0. The van der Waals surface area contributed by atoms with Crippen molar-refractivity contribution < 1.29 is 107 Å². The third-order valence-electron chi connectivity index (χ3n) is 17.1. The molecule has 3 aliphatic heterocycles. The number of ketones is 1. The molecule has 100 heavy (non-hydrogen) atoms. The highest BCUT2D eigenvalue weighted by Gasteiger charge is 2.43. The van der Waals surface area contributed by atoms with Crippen LogP contribution in [0.2, 0.25) is 0 Å². The van der Waals surface area contributed by atoms with Gasteiger partial charge in [-0.15, -0.1) is 0 Å². The number of nitrogens with one attached hydrogen (secondary N) is 12. The average molecular weight is 1420 g/mol. The number of hydrogen-bond acceptors (Lipinski definition) is 19. The van der Waals surface area contributed by atoms with Crippen molar-refractivity contribution in [1.29, 1.82) is 0 Å². The van der Waals surface area contributed by atoms with Gasteiger partial charge in [0.1, 0.15) is 60.2 Å². The third kappa shape index (κ3) is 30.8. The van der Waals surface area contributed by atoms with E-state index < -0.39 is 231 Å². The number of carbonyl (C=O) groups is 18. The van der Waals surface area contributed by atoms with Gasteiger partial charge in [0.2, 0.25) is 82.7 Å². The SMILES string of the molecule is CCCCCCCCCCCCCCC(=O)N[C@@H](CC(C)=O)C(=O)NCC(=O)N[C@@H](CC(=O)O)C(=O)N[C@H]1CNC(=O)[C@@H]2CCCN2C(=O)[C@H]([C@H](C)CC)NC(=O)[C@H]([C@@H](C)O)NC(=O)CNC(=O)[C@H](CC(=O)O)NC(=O)CNC(=O)[C@H](CC(=O)O)NC(=O)CNC(=O)[C@@H]2CCCCN2C1=O. The predicted molar refractivity (Wildman–Crippen MR) is 352 cm³/mol. The summed E-state index contributed by atoms with van der Waals surface area (Å²) in [4.78, 5) is 242. The van der Waals surface area contributed by atoms with Crippen molar-refractivity contribution in [3.05, 3.63) is 0 Å². The first kappa shape index (κ1) is 84.8. The molecule has 0 saturated carbocycles. The molecule has 3 heterocycles. The Morgan fingerprint density at radius 2 is 0.980 bits per heavy atom. The number of fused-ring (bicyclic) bond motifs is 2. The minimum Gasteiger partial charge on any atom is -0.481 e. The van der Waals surface area contributed by atoms with Crippen molar-refractivity contribution in [3.8, 4) is 0 Å². The average Bonchev–Trinajstić information content (AvgIpc) is 1.32. The third-order valence-corrected chi connectivity index (χ3v) is 17.1. The minimum atomic E-state index is -2.03. The van der Waals surface area contributed by atoms with E-state index in [1.54, 1.807) is 13.8 Å². The van der Waals surface area contributed by atoms with Gasteiger partial charge in [0.15, 0.2) is 0 Å². The highest BCUT2D eigenvalue weighted by Crippen LogP contribution is 2.23. The molecule has 3 rings (SSSR count). The molecule has 14 amide bonds. The molecule has 3 saturated heterocycles. The molecule has 3 aliphatic rings. The Morgan fingerprint density at radius 3 is 1.49 bits per heavy atom. The van der Waals surface area contributed by atoms with Gasteiger partial charge in [0.25, 0.3) is 0 Å². The smallest absolute Gasteiger partial charge is 0.305 e. The van der Waals surface area contributed by atoms with Crippen LogP contribution < -0.4 is 63.8 Å². The number of piperidine rings is 1. The van der Waals surface area contributed by atoms with Crippen LogP contribution in [0, 0.1) is 5.92 Å². The van der Waals surface area contributed by atoms with Gasteiger partial charge in [-0.2, -0.15) is 0 Å². The molecular weight excluding hydrogens is 1320 g/mol. The Labute approximate surface area is 579 Å². The fraction of sp³-hybridized carbons (Fsp3) is 0.719. The summed E-state index contributed by atoms with van der Waals surface area (Å²) in [7, 11) is 0. The molecule has 36 heteroatoms. The Balaban J connectivity index is 1.97. The zero-order valence-corrected chi connectivity index (χ0v) is 57.6. The van der Waals surface area contributed by atoms with E-state index in [2.05, 4.69) is 60.1 Å². The lowest BCUT2D eigenvalue weighted by Crippen LogP contribution is -2.63. The van der Waals surface area contributed by atoms with Gasteiger partial charge in [0.05, 0.1) is 51.5 Å². The molecule has 16 N–H and O–H groups in total. The molecule has 0 spiro atoms. The number of aliphatic carboxylic acids is 3. The zero-order chi connectivity index (χ0) is 74.6. The predicted octanol–water partition coefficient (Wildman–Crippen LogP) is -3.73. The number of hydrogen-bond donors (Lipinski definition) is 16. The number of carbonyl (C=O) groups excluding carboxylic acids is 15. The molecule has 0 aliphatic carbocycles. The molecule has 0 bridgehead atoms. The largest absolute Gasteiger partial charge is 0.481 e. The van der Waals surface area contributed by atoms with Crippen LogP contribution in [-0.4, -0.2) is 243 Å². The van der Waals surface area contributed by atoms with Crippen molar-refractivity contribution in [2.45, 2.75) is 243 Å². The van der Waals surface area contributed by atoms with Crippen molar-refractivity contribution in [2.24, 2.45) is 5.92 Å². The quantitative estimate of drug-likeness (QED) is 0.0297. The first-order valence-corrected chi connectivity index (χ1v) is 34.3. The number of nitrogens with zero attached hydrogens (tertiary/aromatic N) is 2. The van der Waals surface area contributed by atoms with Crippen LogP contribution in [0.4, 0.5) is 0 Å². The van der Waals surface area contributed by atoms with Gasteiger partial charge < -0.3 is 94.0 Å². The molecule has 560 valence electrons. The summed E-state index contributed by atoms with van der Waals surface area (Å²) in [6, 6.07) is -15.3. The maximum atomic E-state index is 14.9. The topological polar surface area (TPSA) is 539 Å². The van der Waals surface area contributed by atoms with Crippen LogP contribution in [-0.2, 0) is 86.3 Å². The fourth-order valence-electron chi connectivity index (χ4n) is 11.4. The second-order valence-electron chi connectivity index (χ2n) is 25.4. The number of rotatable bonds is 31. The van der Waals surface area contributed by atoms with Gasteiger partial charge in [-0.3, -0.25) is 86.3 Å². The van der Waals surface area contributed by atoms with E-state index in [0.29, 0.717) is 12.8 Å². The van der Waals surface area contributed by atoms with Gasteiger partial charge in [0, 0.05) is 32.5 Å². The monoisotopic (exact) mass is 1420 g/mol. The van der Waals surface area contributed by atoms with Crippen molar-refractivity contribution in [1.82, 2.24) is 73.6 Å². The molecular formula is C64H102N14O22. The van der Waals surface area contributed by atoms with E-state index in [9.17, 15) is 107 Å². The van der Waals surface area contributed by atoms with E-state index in [1.807, 2.05) is 10.6 Å². The number of aliphatic hydroxyl groups is 1. The number of carboxylic acids is 3. The van der Waals surface area contributed by atoms with Gasteiger partial charge in [-0.05, 0) is 58.3 Å². The van der Waals surface area contributed by atoms with E-state index in [-0.39, 0.29) is 51.6 Å². The van der Waals surface area contributed by atoms with Crippen LogP contribution in [0.1, 0.15) is 182 Å². The van der Waals surface area contributed by atoms with E-state index >= 15 is 0 Å². The molecule has 0 unspecified atom stereocenters. The molecule has 0 radical (unpaired) electrons.